The Morgan fingerprint density at radius 1 is 0.931 bits per heavy atom. The van der Waals surface area contributed by atoms with Crippen LogP contribution in [0, 0.1) is 6.92 Å². The van der Waals surface area contributed by atoms with Gasteiger partial charge >= 0.3 is 0 Å². The number of carbonyl (C=O) groups is 1. The Bertz CT molecular complexity index is 942. The molecule has 0 aliphatic heterocycles. The lowest BCUT2D eigenvalue weighted by molar-refractivity contribution is -0.118. The van der Waals surface area contributed by atoms with Gasteiger partial charge in [-0.3, -0.25) is 4.79 Å². The van der Waals surface area contributed by atoms with Crippen LogP contribution in [0.4, 0.5) is 5.82 Å². The maximum absolute atomic E-state index is 12.3. The van der Waals surface area contributed by atoms with E-state index in [-0.39, 0.29) is 12.5 Å². The lowest BCUT2D eigenvalue weighted by Gasteiger charge is -2.13. The van der Waals surface area contributed by atoms with Crippen LogP contribution in [0.5, 0.6) is 17.2 Å². The van der Waals surface area contributed by atoms with Gasteiger partial charge < -0.3 is 19.5 Å². The highest BCUT2D eigenvalue weighted by atomic mass is 16.5. The van der Waals surface area contributed by atoms with E-state index in [9.17, 15) is 4.79 Å². The van der Waals surface area contributed by atoms with E-state index in [4.69, 9.17) is 14.2 Å². The molecule has 0 saturated carbocycles. The molecule has 150 valence electrons. The van der Waals surface area contributed by atoms with Crippen molar-refractivity contribution < 1.29 is 19.0 Å². The first-order chi connectivity index (χ1) is 14.2. The molecule has 1 amide bonds. The van der Waals surface area contributed by atoms with Gasteiger partial charge in [0.1, 0.15) is 18.1 Å². The highest BCUT2D eigenvalue weighted by molar-refractivity contribution is 5.92. The summed E-state index contributed by atoms with van der Waals surface area (Å²) in [5, 5.41) is 2.74. The molecule has 0 aliphatic rings. The molecule has 0 aliphatic carbocycles. The van der Waals surface area contributed by atoms with Crippen molar-refractivity contribution in [1.29, 1.82) is 0 Å². The van der Waals surface area contributed by atoms with Crippen LogP contribution in [0.1, 0.15) is 18.1 Å². The van der Waals surface area contributed by atoms with E-state index in [1.54, 1.807) is 42.6 Å². The SMILES string of the molecule is CCOc1ccc(OCC(=O)Nc2ncccc2OCc2ccccc2C)cc1. The van der Waals surface area contributed by atoms with Crippen molar-refractivity contribution in [2.45, 2.75) is 20.5 Å². The summed E-state index contributed by atoms with van der Waals surface area (Å²) in [6, 6.07) is 18.6. The van der Waals surface area contributed by atoms with E-state index in [2.05, 4.69) is 10.3 Å². The van der Waals surface area contributed by atoms with Crippen LogP contribution < -0.4 is 19.5 Å². The molecule has 1 heterocycles. The summed E-state index contributed by atoms with van der Waals surface area (Å²) in [6.07, 6.45) is 1.60. The third-order valence-corrected chi connectivity index (χ3v) is 4.18. The zero-order valence-electron chi connectivity index (χ0n) is 16.6. The van der Waals surface area contributed by atoms with Gasteiger partial charge in [-0.15, -0.1) is 0 Å². The fourth-order valence-corrected chi connectivity index (χ4v) is 2.64. The molecule has 1 aromatic heterocycles. The van der Waals surface area contributed by atoms with Crippen molar-refractivity contribution in [3.63, 3.8) is 0 Å². The van der Waals surface area contributed by atoms with Gasteiger partial charge in [-0.1, -0.05) is 24.3 Å². The van der Waals surface area contributed by atoms with Gasteiger partial charge in [0.2, 0.25) is 0 Å². The van der Waals surface area contributed by atoms with Gasteiger partial charge in [0.05, 0.1) is 6.61 Å². The lowest BCUT2D eigenvalue weighted by atomic mass is 10.1. The molecule has 3 aromatic rings. The third-order valence-electron chi connectivity index (χ3n) is 4.18. The second kappa shape index (κ2) is 10.1. The number of rotatable bonds is 9. The summed E-state index contributed by atoms with van der Waals surface area (Å²) in [7, 11) is 0. The average molecular weight is 392 g/mol. The number of nitrogens with zero attached hydrogens (tertiary/aromatic N) is 1. The highest BCUT2D eigenvalue weighted by Crippen LogP contribution is 2.23. The molecule has 0 fully saturated rings. The molecule has 0 unspecified atom stereocenters. The lowest BCUT2D eigenvalue weighted by Crippen LogP contribution is -2.21. The van der Waals surface area contributed by atoms with Crippen LogP contribution in [0.2, 0.25) is 0 Å². The van der Waals surface area contributed by atoms with E-state index < -0.39 is 0 Å². The Balaban J connectivity index is 1.55. The number of hydrogen-bond acceptors (Lipinski definition) is 5. The molecule has 0 spiro atoms. The van der Waals surface area contributed by atoms with E-state index in [1.807, 2.05) is 38.1 Å². The molecule has 6 nitrogen and oxygen atoms in total. The summed E-state index contributed by atoms with van der Waals surface area (Å²) in [5.74, 6) is 1.89. The molecule has 0 radical (unpaired) electrons. The average Bonchev–Trinajstić information content (AvgIpc) is 2.74. The quantitative estimate of drug-likeness (QED) is 0.585. The van der Waals surface area contributed by atoms with Crippen molar-refractivity contribution in [2.75, 3.05) is 18.5 Å². The number of anilines is 1. The van der Waals surface area contributed by atoms with Gasteiger partial charge in [-0.2, -0.15) is 0 Å². The normalized spacial score (nSPS) is 10.3. The predicted molar refractivity (Wildman–Crippen MR) is 111 cm³/mol. The molecular weight excluding hydrogens is 368 g/mol. The monoisotopic (exact) mass is 392 g/mol. The van der Waals surface area contributed by atoms with Gasteiger partial charge in [0, 0.05) is 6.20 Å². The largest absolute Gasteiger partial charge is 0.494 e. The number of pyridine rings is 1. The van der Waals surface area contributed by atoms with Gasteiger partial charge in [0.15, 0.2) is 18.2 Å². The zero-order chi connectivity index (χ0) is 20.5. The Hall–Kier alpha value is -3.54. The van der Waals surface area contributed by atoms with Crippen molar-refractivity contribution in [3.8, 4) is 17.2 Å². The second-order valence-electron chi connectivity index (χ2n) is 6.31. The number of nitrogens with one attached hydrogen (secondary N) is 1. The number of benzene rings is 2. The molecule has 2 aromatic carbocycles. The maximum atomic E-state index is 12.3. The minimum Gasteiger partial charge on any atom is -0.494 e. The van der Waals surface area contributed by atoms with Crippen LogP contribution in [-0.4, -0.2) is 24.1 Å². The van der Waals surface area contributed by atoms with E-state index in [0.29, 0.717) is 30.5 Å². The zero-order valence-corrected chi connectivity index (χ0v) is 16.6. The van der Waals surface area contributed by atoms with E-state index >= 15 is 0 Å². The van der Waals surface area contributed by atoms with Crippen LogP contribution in [0.3, 0.4) is 0 Å². The van der Waals surface area contributed by atoms with E-state index in [0.717, 1.165) is 16.9 Å². The van der Waals surface area contributed by atoms with Gasteiger partial charge in [0.25, 0.3) is 5.91 Å². The minimum atomic E-state index is -0.321. The molecule has 3 rings (SSSR count). The fourth-order valence-electron chi connectivity index (χ4n) is 2.64. The first kappa shape index (κ1) is 20.2. The minimum absolute atomic E-state index is 0.137. The summed E-state index contributed by atoms with van der Waals surface area (Å²) in [4.78, 5) is 16.5. The molecular formula is C23H24N2O4. The first-order valence-corrected chi connectivity index (χ1v) is 9.43. The van der Waals surface area contributed by atoms with Crippen molar-refractivity contribution in [1.82, 2.24) is 4.98 Å². The molecule has 0 saturated heterocycles. The van der Waals surface area contributed by atoms with Crippen LogP contribution >= 0.6 is 0 Å². The third kappa shape index (κ3) is 5.97. The summed E-state index contributed by atoms with van der Waals surface area (Å²) in [5.41, 5.74) is 2.22. The standard InChI is InChI=1S/C23H24N2O4/c1-3-27-19-10-12-20(13-11-19)28-16-22(26)25-23-21(9-6-14-24-23)29-15-18-8-5-4-7-17(18)2/h4-14H,3,15-16H2,1-2H3,(H,24,25,26). The molecule has 0 bridgehead atoms. The van der Waals surface area contributed by atoms with Crippen molar-refractivity contribution >= 4 is 11.7 Å². The van der Waals surface area contributed by atoms with Crippen LogP contribution in [0.15, 0.2) is 66.9 Å². The number of aromatic nitrogens is 1. The smallest absolute Gasteiger partial charge is 0.263 e. The Kier molecular flexibility index (Phi) is 7.05. The molecule has 6 heteroatoms. The number of carbonyl (C=O) groups excluding carboxylic acids is 1. The number of ether oxygens (including phenoxy) is 3. The molecule has 0 atom stereocenters. The van der Waals surface area contributed by atoms with Crippen LogP contribution in [-0.2, 0) is 11.4 Å². The topological polar surface area (TPSA) is 69.7 Å². The fraction of sp³-hybridized carbons (Fsp3) is 0.217. The van der Waals surface area contributed by atoms with Crippen molar-refractivity contribution in [2.24, 2.45) is 0 Å². The summed E-state index contributed by atoms with van der Waals surface area (Å²) < 4.78 is 16.8. The highest BCUT2D eigenvalue weighted by Gasteiger charge is 2.10. The van der Waals surface area contributed by atoms with Gasteiger partial charge in [-0.05, 0) is 61.4 Å². The Labute approximate surface area is 170 Å². The van der Waals surface area contributed by atoms with E-state index in [1.165, 1.54) is 0 Å². The predicted octanol–water partition coefficient (Wildman–Crippen LogP) is 4.39. The van der Waals surface area contributed by atoms with Crippen LogP contribution in [0.25, 0.3) is 0 Å². The first-order valence-electron chi connectivity index (χ1n) is 9.43. The summed E-state index contributed by atoms with van der Waals surface area (Å²) in [6.45, 7) is 4.81. The Morgan fingerprint density at radius 2 is 1.66 bits per heavy atom. The molecule has 1 N–H and O–H groups in total. The Morgan fingerprint density at radius 3 is 2.38 bits per heavy atom. The number of amides is 1. The van der Waals surface area contributed by atoms with Gasteiger partial charge in [-0.25, -0.2) is 4.98 Å². The van der Waals surface area contributed by atoms with Crippen molar-refractivity contribution in [3.05, 3.63) is 78.0 Å². The maximum Gasteiger partial charge on any atom is 0.263 e. The second-order valence-corrected chi connectivity index (χ2v) is 6.31. The molecule has 29 heavy (non-hydrogen) atoms. The number of hydrogen-bond donors (Lipinski definition) is 1. The summed E-state index contributed by atoms with van der Waals surface area (Å²) >= 11 is 0. The number of aryl methyl sites for hydroxylation is 1.